The first kappa shape index (κ1) is 7.69. The summed E-state index contributed by atoms with van der Waals surface area (Å²) in [4.78, 5) is 0. The van der Waals surface area contributed by atoms with Crippen LogP contribution in [0.2, 0.25) is 5.02 Å². The normalized spacial score (nSPS) is 10.8. The van der Waals surface area contributed by atoms with E-state index in [4.69, 9.17) is 16.0 Å². The third kappa shape index (κ3) is 1.01. The molecule has 0 unspecified atom stereocenters. The number of hydrogen-bond donors (Lipinski definition) is 0. The third-order valence-corrected chi connectivity index (χ3v) is 2.31. The highest BCUT2D eigenvalue weighted by atomic mass is 35.5. The monoisotopic (exact) mass is 180 g/mol. The highest BCUT2D eigenvalue weighted by Crippen LogP contribution is 2.27. The van der Waals surface area contributed by atoms with Gasteiger partial charge in [-0.2, -0.15) is 0 Å². The molecule has 1 nitrogen and oxygen atoms in total. The molecule has 0 atom stereocenters. The third-order valence-electron chi connectivity index (χ3n) is 2.01. The second-order valence-electron chi connectivity index (χ2n) is 2.73. The smallest absolute Gasteiger partial charge is 0.152 e. The van der Waals surface area contributed by atoms with E-state index >= 15 is 0 Å². The Kier molecular flexibility index (Phi) is 1.81. The molecule has 0 saturated carbocycles. The van der Waals surface area contributed by atoms with Gasteiger partial charge in [-0.25, -0.2) is 0 Å². The molecular formula is C10H9ClO. The van der Waals surface area contributed by atoms with Crippen molar-refractivity contribution in [2.75, 3.05) is 0 Å². The second-order valence-corrected chi connectivity index (χ2v) is 3.14. The summed E-state index contributed by atoms with van der Waals surface area (Å²) in [7, 11) is 0. The Morgan fingerprint density at radius 3 is 3.00 bits per heavy atom. The molecule has 1 aromatic heterocycles. The van der Waals surface area contributed by atoms with Crippen LogP contribution in [0.15, 0.2) is 28.9 Å². The predicted molar refractivity (Wildman–Crippen MR) is 50.6 cm³/mol. The van der Waals surface area contributed by atoms with E-state index in [0.29, 0.717) is 5.02 Å². The zero-order valence-electron chi connectivity index (χ0n) is 6.80. The molecule has 0 aliphatic rings. The standard InChI is InChI=1S/C10H9ClO/c1-2-7-6-12-10-8(7)4-3-5-9(10)11/h3-6H,2H2,1H3. The zero-order valence-corrected chi connectivity index (χ0v) is 7.56. The van der Waals surface area contributed by atoms with Gasteiger partial charge in [0.1, 0.15) is 0 Å². The van der Waals surface area contributed by atoms with Crippen LogP contribution in [-0.2, 0) is 6.42 Å². The van der Waals surface area contributed by atoms with Crippen molar-refractivity contribution in [3.63, 3.8) is 0 Å². The molecule has 0 fully saturated rings. The Hall–Kier alpha value is -0.950. The van der Waals surface area contributed by atoms with Gasteiger partial charge in [-0.1, -0.05) is 30.7 Å². The molecule has 0 aliphatic heterocycles. The SMILES string of the molecule is CCc1coc2c(Cl)cccc12. The molecular weight excluding hydrogens is 172 g/mol. The van der Waals surface area contributed by atoms with Gasteiger partial charge in [0.25, 0.3) is 0 Å². The van der Waals surface area contributed by atoms with Gasteiger partial charge < -0.3 is 4.42 Å². The summed E-state index contributed by atoms with van der Waals surface area (Å²) in [5.74, 6) is 0. The largest absolute Gasteiger partial charge is 0.462 e. The molecule has 0 saturated heterocycles. The fraction of sp³-hybridized carbons (Fsp3) is 0.200. The summed E-state index contributed by atoms with van der Waals surface area (Å²) in [6.45, 7) is 2.10. The van der Waals surface area contributed by atoms with Crippen molar-refractivity contribution in [2.24, 2.45) is 0 Å². The van der Waals surface area contributed by atoms with Crippen LogP contribution in [0.5, 0.6) is 0 Å². The molecule has 1 heterocycles. The van der Waals surface area contributed by atoms with Gasteiger partial charge in [0.2, 0.25) is 0 Å². The minimum atomic E-state index is 0.687. The molecule has 2 rings (SSSR count). The van der Waals surface area contributed by atoms with Crippen LogP contribution in [0.1, 0.15) is 12.5 Å². The maximum absolute atomic E-state index is 5.93. The van der Waals surface area contributed by atoms with Gasteiger partial charge in [-0.05, 0) is 18.1 Å². The Bertz CT molecular complexity index is 403. The molecule has 2 aromatic rings. The van der Waals surface area contributed by atoms with Gasteiger partial charge in [-0.3, -0.25) is 0 Å². The summed E-state index contributed by atoms with van der Waals surface area (Å²) in [5, 5.41) is 1.82. The van der Waals surface area contributed by atoms with Crippen LogP contribution in [0.25, 0.3) is 11.0 Å². The molecule has 62 valence electrons. The number of hydrogen-bond acceptors (Lipinski definition) is 1. The molecule has 0 radical (unpaired) electrons. The topological polar surface area (TPSA) is 13.1 Å². The Morgan fingerprint density at radius 1 is 1.42 bits per heavy atom. The number of halogens is 1. The Morgan fingerprint density at radius 2 is 2.25 bits per heavy atom. The minimum absolute atomic E-state index is 0.687. The highest BCUT2D eigenvalue weighted by Gasteiger charge is 2.05. The predicted octanol–water partition coefficient (Wildman–Crippen LogP) is 3.65. The van der Waals surface area contributed by atoms with E-state index < -0.39 is 0 Å². The van der Waals surface area contributed by atoms with Crippen molar-refractivity contribution in [3.05, 3.63) is 35.0 Å². The number of furan rings is 1. The fourth-order valence-corrected chi connectivity index (χ4v) is 1.57. The molecule has 12 heavy (non-hydrogen) atoms. The lowest BCUT2D eigenvalue weighted by Crippen LogP contribution is -1.74. The van der Waals surface area contributed by atoms with Crippen LogP contribution in [-0.4, -0.2) is 0 Å². The first-order valence-electron chi connectivity index (χ1n) is 3.97. The van der Waals surface area contributed by atoms with Crippen molar-refractivity contribution in [2.45, 2.75) is 13.3 Å². The van der Waals surface area contributed by atoms with Crippen LogP contribution < -0.4 is 0 Å². The van der Waals surface area contributed by atoms with Gasteiger partial charge in [0, 0.05) is 5.39 Å². The lowest BCUT2D eigenvalue weighted by Gasteiger charge is -1.92. The van der Waals surface area contributed by atoms with E-state index in [1.807, 2.05) is 18.2 Å². The van der Waals surface area contributed by atoms with E-state index in [1.54, 1.807) is 6.26 Å². The summed E-state index contributed by atoms with van der Waals surface area (Å²) in [5.41, 5.74) is 2.02. The number of fused-ring (bicyclic) bond motifs is 1. The van der Waals surface area contributed by atoms with E-state index in [-0.39, 0.29) is 0 Å². The molecule has 0 N–H and O–H groups in total. The number of rotatable bonds is 1. The van der Waals surface area contributed by atoms with E-state index in [9.17, 15) is 0 Å². The van der Waals surface area contributed by atoms with Crippen LogP contribution in [0.3, 0.4) is 0 Å². The van der Waals surface area contributed by atoms with Gasteiger partial charge in [0.05, 0.1) is 11.3 Å². The molecule has 1 aromatic carbocycles. The lowest BCUT2D eigenvalue weighted by atomic mass is 10.1. The van der Waals surface area contributed by atoms with Crippen LogP contribution in [0.4, 0.5) is 0 Å². The summed E-state index contributed by atoms with van der Waals surface area (Å²) in [6.07, 6.45) is 2.75. The molecule has 0 spiro atoms. The van der Waals surface area contributed by atoms with Crippen molar-refractivity contribution >= 4 is 22.6 Å². The first-order valence-corrected chi connectivity index (χ1v) is 4.35. The van der Waals surface area contributed by atoms with E-state index in [2.05, 4.69) is 6.92 Å². The van der Waals surface area contributed by atoms with Crippen molar-refractivity contribution in [1.82, 2.24) is 0 Å². The average Bonchev–Trinajstić information content (AvgIpc) is 2.49. The Labute approximate surface area is 75.9 Å². The fourth-order valence-electron chi connectivity index (χ4n) is 1.35. The van der Waals surface area contributed by atoms with Gasteiger partial charge in [-0.15, -0.1) is 0 Å². The molecule has 0 amide bonds. The quantitative estimate of drug-likeness (QED) is 0.653. The molecule has 2 heteroatoms. The first-order chi connectivity index (χ1) is 5.83. The van der Waals surface area contributed by atoms with Gasteiger partial charge in [0.15, 0.2) is 5.58 Å². The summed E-state index contributed by atoms with van der Waals surface area (Å²) in [6, 6.07) is 5.82. The van der Waals surface area contributed by atoms with Crippen LogP contribution in [0, 0.1) is 0 Å². The number of benzene rings is 1. The Balaban J connectivity index is 2.80. The average molecular weight is 181 g/mol. The van der Waals surface area contributed by atoms with Crippen molar-refractivity contribution in [3.8, 4) is 0 Å². The summed E-state index contributed by atoms with van der Waals surface area (Å²) < 4.78 is 5.34. The number of para-hydroxylation sites is 1. The second kappa shape index (κ2) is 2.83. The highest BCUT2D eigenvalue weighted by molar-refractivity contribution is 6.34. The van der Waals surface area contributed by atoms with Crippen molar-refractivity contribution in [1.29, 1.82) is 0 Å². The zero-order chi connectivity index (χ0) is 8.55. The van der Waals surface area contributed by atoms with Crippen LogP contribution >= 0.6 is 11.6 Å². The lowest BCUT2D eigenvalue weighted by molar-refractivity contribution is 0.611. The maximum Gasteiger partial charge on any atom is 0.152 e. The minimum Gasteiger partial charge on any atom is -0.462 e. The molecule has 0 aliphatic carbocycles. The van der Waals surface area contributed by atoms with Gasteiger partial charge >= 0.3 is 0 Å². The summed E-state index contributed by atoms with van der Waals surface area (Å²) >= 11 is 5.93. The number of aryl methyl sites for hydroxylation is 1. The maximum atomic E-state index is 5.93. The van der Waals surface area contributed by atoms with Crippen molar-refractivity contribution < 1.29 is 4.42 Å². The van der Waals surface area contributed by atoms with E-state index in [0.717, 1.165) is 17.4 Å². The van der Waals surface area contributed by atoms with E-state index in [1.165, 1.54) is 5.56 Å². The molecule has 0 bridgehead atoms.